The van der Waals surface area contributed by atoms with Gasteiger partial charge in [-0.1, -0.05) is 0 Å². The quantitative estimate of drug-likeness (QED) is 0.680. The van der Waals surface area contributed by atoms with Crippen molar-refractivity contribution in [2.24, 2.45) is 17.8 Å². The minimum Gasteiger partial charge on any atom is -0.491 e. The zero-order valence-corrected chi connectivity index (χ0v) is 16.2. The van der Waals surface area contributed by atoms with Crippen LogP contribution in [0.3, 0.4) is 0 Å². The first-order valence-electron chi connectivity index (χ1n) is 10.8. The van der Waals surface area contributed by atoms with E-state index < -0.39 is 0 Å². The summed E-state index contributed by atoms with van der Waals surface area (Å²) in [7, 11) is 0. The monoisotopic (exact) mass is 370 g/mol. The summed E-state index contributed by atoms with van der Waals surface area (Å²) >= 11 is 0. The van der Waals surface area contributed by atoms with Gasteiger partial charge in [-0.05, 0) is 86.3 Å². The number of epoxide rings is 2. The first kappa shape index (κ1) is 16.7. The van der Waals surface area contributed by atoms with Crippen molar-refractivity contribution in [1.29, 1.82) is 0 Å². The maximum Gasteiger partial charge on any atom is 0.123 e. The van der Waals surface area contributed by atoms with Crippen LogP contribution in [0.5, 0.6) is 11.5 Å². The molecule has 0 radical (unpaired) electrons. The van der Waals surface area contributed by atoms with Gasteiger partial charge in [-0.2, -0.15) is 0 Å². The van der Waals surface area contributed by atoms with Gasteiger partial charge in [0.15, 0.2) is 0 Å². The Bertz CT molecular complexity index is 699. The smallest absolute Gasteiger partial charge is 0.123 e. The van der Waals surface area contributed by atoms with Gasteiger partial charge in [0.2, 0.25) is 0 Å². The van der Waals surface area contributed by atoms with Crippen molar-refractivity contribution in [3.8, 4) is 11.5 Å². The Labute approximate surface area is 161 Å². The maximum atomic E-state index is 6.32. The molecule has 4 nitrogen and oxygen atoms in total. The van der Waals surface area contributed by atoms with Crippen LogP contribution in [0.25, 0.3) is 0 Å². The third-order valence-corrected chi connectivity index (χ3v) is 7.54. The van der Waals surface area contributed by atoms with Gasteiger partial charge < -0.3 is 18.9 Å². The Morgan fingerprint density at radius 2 is 1.37 bits per heavy atom. The fraction of sp³-hybridized carbons (Fsp3) is 0.739. The highest BCUT2D eigenvalue weighted by molar-refractivity contribution is 5.50. The third-order valence-electron chi connectivity index (χ3n) is 7.54. The fourth-order valence-electron chi connectivity index (χ4n) is 6.49. The first-order valence-corrected chi connectivity index (χ1v) is 10.8. The topological polar surface area (TPSA) is 43.5 Å². The Kier molecular flexibility index (Phi) is 3.78. The Morgan fingerprint density at radius 1 is 0.852 bits per heavy atom. The lowest BCUT2D eigenvalue weighted by Gasteiger charge is -2.57. The SMILES string of the molecule is Cc1cc(OCC2CO2)c(C23CC4CC(CC(C4)C2)C3)cc1OCC1CO1. The number of hydrogen-bond donors (Lipinski definition) is 0. The van der Waals surface area contributed by atoms with Crippen molar-refractivity contribution in [3.05, 3.63) is 23.3 Å². The van der Waals surface area contributed by atoms with Crippen LogP contribution >= 0.6 is 0 Å². The molecular formula is C23H30O4. The summed E-state index contributed by atoms with van der Waals surface area (Å²) in [5.41, 5.74) is 2.88. The fourth-order valence-corrected chi connectivity index (χ4v) is 6.49. The van der Waals surface area contributed by atoms with E-state index >= 15 is 0 Å². The van der Waals surface area contributed by atoms with E-state index in [1.54, 1.807) is 0 Å². The van der Waals surface area contributed by atoms with Gasteiger partial charge in [-0.15, -0.1) is 0 Å². The summed E-state index contributed by atoms with van der Waals surface area (Å²) in [6, 6.07) is 4.55. The lowest BCUT2D eigenvalue weighted by molar-refractivity contribution is -0.00656. The number of benzene rings is 1. The summed E-state index contributed by atoms with van der Waals surface area (Å²) in [6.07, 6.45) is 8.96. The van der Waals surface area contributed by atoms with Gasteiger partial charge in [0, 0.05) is 5.56 Å². The normalized spacial score (nSPS) is 40.9. The predicted molar refractivity (Wildman–Crippen MR) is 101 cm³/mol. The van der Waals surface area contributed by atoms with Crippen LogP contribution in [0.2, 0.25) is 0 Å². The molecule has 1 aromatic carbocycles. The van der Waals surface area contributed by atoms with E-state index in [1.165, 1.54) is 44.1 Å². The average Bonchev–Trinajstić information content (AvgIpc) is 3.52. The molecule has 2 heterocycles. The minimum absolute atomic E-state index is 0.287. The van der Waals surface area contributed by atoms with E-state index in [1.807, 2.05) is 0 Å². The van der Waals surface area contributed by atoms with Gasteiger partial charge in [0.05, 0.1) is 13.2 Å². The molecule has 1 aromatic rings. The molecule has 27 heavy (non-hydrogen) atoms. The lowest BCUT2D eigenvalue weighted by atomic mass is 9.48. The molecule has 4 saturated carbocycles. The van der Waals surface area contributed by atoms with E-state index in [2.05, 4.69) is 19.1 Å². The highest BCUT2D eigenvalue weighted by Crippen LogP contribution is 2.62. The van der Waals surface area contributed by atoms with Gasteiger partial charge in [-0.25, -0.2) is 0 Å². The summed E-state index contributed by atoms with van der Waals surface area (Å²) in [6.45, 7) is 5.15. The van der Waals surface area contributed by atoms with E-state index in [-0.39, 0.29) is 12.2 Å². The van der Waals surface area contributed by atoms with Gasteiger partial charge in [0.25, 0.3) is 0 Å². The van der Waals surface area contributed by atoms with Crippen LogP contribution in [0.15, 0.2) is 12.1 Å². The number of hydrogen-bond acceptors (Lipinski definition) is 4. The molecule has 2 aliphatic heterocycles. The highest BCUT2D eigenvalue weighted by atomic mass is 16.6. The van der Waals surface area contributed by atoms with Crippen LogP contribution in [0.4, 0.5) is 0 Å². The second kappa shape index (κ2) is 6.12. The third kappa shape index (κ3) is 3.15. The molecule has 4 heteroatoms. The molecule has 0 aromatic heterocycles. The molecular weight excluding hydrogens is 340 g/mol. The van der Waals surface area contributed by atoms with E-state index in [0.717, 1.165) is 48.0 Å². The number of ether oxygens (including phenoxy) is 4. The van der Waals surface area contributed by atoms with Crippen molar-refractivity contribution < 1.29 is 18.9 Å². The summed E-state index contributed by atoms with van der Waals surface area (Å²) in [5.74, 6) is 4.86. The Morgan fingerprint density at radius 3 is 1.89 bits per heavy atom. The molecule has 4 bridgehead atoms. The lowest BCUT2D eigenvalue weighted by Crippen LogP contribution is -2.48. The van der Waals surface area contributed by atoms with Crippen molar-refractivity contribution >= 4 is 0 Å². The van der Waals surface area contributed by atoms with Crippen LogP contribution in [-0.4, -0.2) is 38.6 Å². The molecule has 4 aliphatic carbocycles. The number of rotatable bonds is 7. The van der Waals surface area contributed by atoms with E-state index in [4.69, 9.17) is 18.9 Å². The largest absolute Gasteiger partial charge is 0.491 e. The standard InChI is InChI=1S/C23H30O4/c1-14-2-22(27-13-19-11-25-19)20(6-21(14)26-12-18-10-24-18)23-7-15-3-16(8-23)5-17(4-15)9-23/h2,6,15-19H,3-5,7-13H2,1H3. The molecule has 0 N–H and O–H groups in total. The van der Waals surface area contributed by atoms with Crippen molar-refractivity contribution in [2.45, 2.75) is 63.1 Å². The first-order chi connectivity index (χ1) is 13.2. The summed E-state index contributed by atoms with van der Waals surface area (Å²) in [4.78, 5) is 0. The molecule has 2 saturated heterocycles. The van der Waals surface area contributed by atoms with Crippen molar-refractivity contribution in [2.75, 3.05) is 26.4 Å². The molecule has 0 spiro atoms. The molecule has 2 unspecified atom stereocenters. The van der Waals surface area contributed by atoms with Crippen LogP contribution < -0.4 is 9.47 Å². The average molecular weight is 370 g/mol. The number of aryl methyl sites for hydroxylation is 1. The molecule has 6 aliphatic rings. The Balaban J connectivity index is 1.35. The zero-order valence-electron chi connectivity index (χ0n) is 16.2. The molecule has 0 amide bonds. The second-order valence-corrected chi connectivity index (χ2v) is 9.84. The van der Waals surface area contributed by atoms with Gasteiger partial charge >= 0.3 is 0 Å². The molecule has 7 rings (SSSR count). The van der Waals surface area contributed by atoms with Crippen LogP contribution in [0, 0.1) is 24.7 Å². The van der Waals surface area contributed by atoms with E-state index in [9.17, 15) is 0 Å². The molecule has 2 atom stereocenters. The highest BCUT2D eigenvalue weighted by Gasteiger charge is 2.52. The van der Waals surface area contributed by atoms with E-state index in [0.29, 0.717) is 18.6 Å². The van der Waals surface area contributed by atoms with Gasteiger partial charge in [0.1, 0.15) is 36.9 Å². The second-order valence-electron chi connectivity index (χ2n) is 9.84. The maximum absolute atomic E-state index is 6.32. The van der Waals surface area contributed by atoms with Crippen molar-refractivity contribution in [3.63, 3.8) is 0 Å². The molecule has 146 valence electrons. The predicted octanol–water partition coefficient (Wildman–Crippen LogP) is 4.02. The van der Waals surface area contributed by atoms with Crippen LogP contribution in [-0.2, 0) is 14.9 Å². The zero-order chi connectivity index (χ0) is 18.0. The van der Waals surface area contributed by atoms with Gasteiger partial charge in [-0.3, -0.25) is 0 Å². The summed E-state index contributed by atoms with van der Waals surface area (Å²) < 4.78 is 23.2. The van der Waals surface area contributed by atoms with Crippen LogP contribution in [0.1, 0.15) is 49.7 Å². The summed E-state index contributed by atoms with van der Waals surface area (Å²) in [5, 5.41) is 0. The van der Waals surface area contributed by atoms with Crippen molar-refractivity contribution in [1.82, 2.24) is 0 Å². The molecule has 6 fully saturated rings. The minimum atomic E-state index is 0.287. The Hall–Kier alpha value is -1.26.